The Morgan fingerprint density at radius 2 is 1.50 bits per heavy atom. The van der Waals surface area contributed by atoms with Crippen molar-refractivity contribution in [3.8, 4) is 11.1 Å². The topological polar surface area (TPSA) is 37.4 Å². The zero-order chi connectivity index (χ0) is 13.2. The molecule has 2 aromatic rings. The van der Waals surface area contributed by atoms with E-state index in [1.165, 1.54) is 6.07 Å². The highest BCUT2D eigenvalue weighted by atomic mass is 32.2. The third-order valence-corrected chi connectivity index (χ3v) is 4.16. The van der Waals surface area contributed by atoms with Crippen molar-refractivity contribution in [2.75, 3.05) is 7.05 Å². The largest absolute Gasteiger partial charge is 0.269 e. The number of nitrogens with zero attached hydrogens (tertiary/aromatic N) is 1. The second-order valence-electron chi connectivity index (χ2n) is 3.76. The average molecular weight is 265 g/mol. The van der Waals surface area contributed by atoms with Crippen LogP contribution in [0.15, 0.2) is 59.5 Å². The number of hydrogen-bond donors (Lipinski definition) is 0. The van der Waals surface area contributed by atoms with Crippen molar-refractivity contribution < 1.29 is 12.9 Å². The van der Waals surface area contributed by atoms with E-state index in [4.69, 9.17) is 0 Å². The zero-order valence-electron chi connectivity index (χ0n) is 9.75. The van der Waals surface area contributed by atoms with Crippen LogP contribution in [-0.2, 0) is 10.0 Å². The fourth-order valence-electron chi connectivity index (χ4n) is 1.68. The molecule has 18 heavy (non-hydrogen) atoms. The predicted octanol–water partition coefficient (Wildman–Crippen LogP) is 2.86. The monoisotopic (exact) mass is 265 g/mol. The smallest absolute Gasteiger partial charge is 0.205 e. The van der Waals surface area contributed by atoms with E-state index in [9.17, 15) is 12.9 Å². The van der Waals surface area contributed by atoms with Gasteiger partial charge in [0.05, 0.1) is 4.90 Å². The Labute approximate surface area is 105 Å². The minimum Gasteiger partial charge on any atom is -0.205 e. The fraction of sp³-hybridized carbons (Fsp3) is 0.0769. The van der Waals surface area contributed by atoms with Gasteiger partial charge in [-0.05, 0) is 16.2 Å². The van der Waals surface area contributed by atoms with Gasteiger partial charge in [-0.25, -0.2) is 8.42 Å². The molecule has 0 aromatic heterocycles. The molecule has 0 spiro atoms. The Morgan fingerprint density at radius 3 is 2.11 bits per heavy atom. The van der Waals surface area contributed by atoms with E-state index < -0.39 is 10.0 Å². The molecular weight excluding hydrogens is 253 g/mol. The van der Waals surface area contributed by atoms with E-state index in [0.29, 0.717) is 5.56 Å². The quantitative estimate of drug-likeness (QED) is 0.800. The number of sulfonamides is 1. The first-order chi connectivity index (χ1) is 8.53. The van der Waals surface area contributed by atoms with E-state index in [1.54, 1.807) is 42.5 Å². The number of halogens is 1. The highest BCUT2D eigenvalue weighted by molar-refractivity contribution is 7.89. The maximum Gasteiger partial charge on any atom is 0.269 e. The van der Waals surface area contributed by atoms with Crippen LogP contribution in [0.1, 0.15) is 0 Å². The second kappa shape index (κ2) is 4.88. The van der Waals surface area contributed by atoms with E-state index in [2.05, 4.69) is 0 Å². The SMILES string of the molecule is CN(F)S(=O)(=O)c1ccccc1-c1ccccc1. The van der Waals surface area contributed by atoms with Crippen LogP contribution in [0.4, 0.5) is 4.48 Å². The van der Waals surface area contributed by atoms with Crippen molar-refractivity contribution in [1.29, 1.82) is 0 Å². The van der Waals surface area contributed by atoms with E-state index >= 15 is 0 Å². The maximum atomic E-state index is 13.1. The lowest BCUT2D eigenvalue weighted by atomic mass is 10.1. The molecule has 0 amide bonds. The van der Waals surface area contributed by atoms with Crippen LogP contribution in [0.3, 0.4) is 0 Å². The summed E-state index contributed by atoms with van der Waals surface area (Å²) in [5.41, 5.74) is 1.22. The maximum absolute atomic E-state index is 13.1. The molecule has 2 aromatic carbocycles. The first-order valence-electron chi connectivity index (χ1n) is 5.32. The molecule has 0 N–H and O–H groups in total. The summed E-state index contributed by atoms with van der Waals surface area (Å²) >= 11 is 0. The first kappa shape index (κ1) is 12.7. The molecule has 5 heteroatoms. The molecule has 0 atom stereocenters. The van der Waals surface area contributed by atoms with Crippen molar-refractivity contribution in [2.45, 2.75) is 4.90 Å². The van der Waals surface area contributed by atoms with Crippen molar-refractivity contribution in [3.05, 3.63) is 54.6 Å². The summed E-state index contributed by atoms with van der Waals surface area (Å²) in [4.78, 5) is -0.0406. The minimum absolute atomic E-state index is 0.0406. The highest BCUT2D eigenvalue weighted by Crippen LogP contribution is 2.28. The van der Waals surface area contributed by atoms with Crippen molar-refractivity contribution in [3.63, 3.8) is 0 Å². The lowest BCUT2D eigenvalue weighted by molar-refractivity contribution is 0.178. The lowest BCUT2D eigenvalue weighted by Crippen LogP contribution is -2.19. The molecule has 0 radical (unpaired) electrons. The van der Waals surface area contributed by atoms with Crippen LogP contribution >= 0.6 is 0 Å². The summed E-state index contributed by atoms with van der Waals surface area (Å²) in [5.74, 6) is 0. The lowest BCUT2D eigenvalue weighted by Gasteiger charge is -2.12. The molecule has 0 aliphatic rings. The van der Waals surface area contributed by atoms with Gasteiger partial charge < -0.3 is 0 Å². The van der Waals surface area contributed by atoms with Crippen LogP contribution in [0, 0.1) is 0 Å². The van der Waals surface area contributed by atoms with Crippen LogP contribution in [0.5, 0.6) is 0 Å². The molecule has 0 aliphatic carbocycles. The van der Waals surface area contributed by atoms with Gasteiger partial charge in [-0.15, -0.1) is 4.48 Å². The zero-order valence-corrected chi connectivity index (χ0v) is 10.6. The first-order valence-corrected chi connectivity index (χ1v) is 6.76. The molecule has 3 nitrogen and oxygen atoms in total. The summed E-state index contributed by atoms with van der Waals surface area (Å²) in [6, 6.07) is 15.4. The van der Waals surface area contributed by atoms with Gasteiger partial charge in [-0.1, -0.05) is 48.5 Å². The molecule has 0 saturated carbocycles. The molecule has 0 fully saturated rings. The van der Waals surface area contributed by atoms with Gasteiger partial charge in [-0.2, -0.15) is 0 Å². The van der Waals surface area contributed by atoms with E-state index in [1.807, 2.05) is 6.07 Å². The Balaban J connectivity index is 2.65. The van der Waals surface area contributed by atoms with Crippen LogP contribution in [0.2, 0.25) is 0 Å². The third-order valence-electron chi connectivity index (χ3n) is 2.58. The van der Waals surface area contributed by atoms with Gasteiger partial charge in [0.15, 0.2) is 0 Å². The Hall–Kier alpha value is -1.72. The summed E-state index contributed by atoms with van der Waals surface area (Å²) in [6.45, 7) is 0. The Morgan fingerprint density at radius 1 is 0.944 bits per heavy atom. The van der Waals surface area contributed by atoms with Gasteiger partial charge in [0.2, 0.25) is 0 Å². The van der Waals surface area contributed by atoms with Crippen LogP contribution in [0.25, 0.3) is 11.1 Å². The molecular formula is C13H12FNO2S. The van der Waals surface area contributed by atoms with Gasteiger partial charge >= 0.3 is 0 Å². The van der Waals surface area contributed by atoms with Crippen LogP contribution in [-0.4, -0.2) is 20.0 Å². The molecule has 0 saturated heterocycles. The van der Waals surface area contributed by atoms with Crippen molar-refractivity contribution in [1.82, 2.24) is 4.53 Å². The molecule has 2 rings (SSSR count). The summed E-state index contributed by atoms with van der Waals surface area (Å²) in [5, 5.41) is 0. The summed E-state index contributed by atoms with van der Waals surface area (Å²) < 4.78 is 36.6. The second-order valence-corrected chi connectivity index (χ2v) is 5.65. The van der Waals surface area contributed by atoms with Gasteiger partial charge in [0.1, 0.15) is 0 Å². The molecule has 0 bridgehead atoms. The number of hydrogen-bond acceptors (Lipinski definition) is 2. The highest BCUT2D eigenvalue weighted by Gasteiger charge is 2.23. The number of rotatable bonds is 3. The average Bonchev–Trinajstić information content (AvgIpc) is 2.39. The Kier molecular flexibility index (Phi) is 3.45. The number of benzene rings is 2. The van der Waals surface area contributed by atoms with Crippen molar-refractivity contribution in [2.24, 2.45) is 0 Å². The summed E-state index contributed by atoms with van der Waals surface area (Å²) in [7, 11) is -3.22. The van der Waals surface area contributed by atoms with E-state index in [-0.39, 0.29) is 9.42 Å². The summed E-state index contributed by atoms with van der Waals surface area (Å²) in [6.07, 6.45) is 0. The third kappa shape index (κ3) is 2.27. The van der Waals surface area contributed by atoms with Crippen LogP contribution < -0.4 is 0 Å². The van der Waals surface area contributed by atoms with E-state index in [0.717, 1.165) is 12.6 Å². The molecule has 0 heterocycles. The van der Waals surface area contributed by atoms with Gasteiger partial charge in [-0.3, -0.25) is 0 Å². The standard InChI is InChI=1S/C13H12FNO2S/c1-15(14)18(16,17)13-10-6-5-9-12(13)11-7-3-2-4-8-11/h2-10H,1H3. The van der Waals surface area contributed by atoms with Crippen molar-refractivity contribution >= 4 is 10.0 Å². The van der Waals surface area contributed by atoms with Gasteiger partial charge in [0.25, 0.3) is 10.0 Å². The fourth-order valence-corrected chi connectivity index (χ4v) is 2.67. The minimum atomic E-state index is -4.09. The molecule has 94 valence electrons. The predicted molar refractivity (Wildman–Crippen MR) is 67.9 cm³/mol. The van der Waals surface area contributed by atoms with Gasteiger partial charge in [0, 0.05) is 12.6 Å². The molecule has 0 unspecified atom stereocenters. The normalized spacial score (nSPS) is 11.7. The Bertz CT molecular complexity index is 639. The molecule has 0 aliphatic heterocycles.